The van der Waals surface area contributed by atoms with Crippen LogP contribution in [0.15, 0.2) is 36.7 Å². The number of benzene rings is 1. The molecular formula is C17H22N4O2. The smallest absolute Gasteiger partial charge is 0.257 e. The van der Waals surface area contributed by atoms with E-state index in [9.17, 15) is 4.79 Å². The maximum atomic E-state index is 12.3. The summed E-state index contributed by atoms with van der Waals surface area (Å²) in [6.45, 7) is 5.39. The molecule has 1 unspecified atom stereocenters. The van der Waals surface area contributed by atoms with Gasteiger partial charge in [0.25, 0.3) is 5.91 Å². The van der Waals surface area contributed by atoms with Crippen LogP contribution in [0, 0.1) is 0 Å². The Bertz CT molecular complexity index is 648. The summed E-state index contributed by atoms with van der Waals surface area (Å²) < 4.78 is 5.30. The van der Waals surface area contributed by atoms with Crippen molar-refractivity contribution in [2.75, 3.05) is 33.3 Å². The molecule has 122 valence electrons. The number of hydrogen-bond acceptors (Lipinski definition) is 4. The Labute approximate surface area is 136 Å². The lowest BCUT2D eigenvalue weighted by Crippen LogP contribution is -2.49. The van der Waals surface area contributed by atoms with E-state index in [4.69, 9.17) is 4.74 Å². The van der Waals surface area contributed by atoms with Crippen molar-refractivity contribution in [2.24, 2.45) is 0 Å². The third kappa shape index (κ3) is 3.37. The normalized spacial score (nSPS) is 17.0. The van der Waals surface area contributed by atoms with Gasteiger partial charge in [-0.05, 0) is 24.6 Å². The van der Waals surface area contributed by atoms with E-state index in [1.807, 2.05) is 17.0 Å². The molecule has 1 amide bonds. The second-order valence-electron chi connectivity index (χ2n) is 5.77. The minimum absolute atomic E-state index is 0.0485. The van der Waals surface area contributed by atoms with Gasteiger partial charge in [0.1, 0.15) is 5.75 Å². The Morgan fingerprint density at radius 3 is 2.74 bits per heavy atom. The summed E-state index contributed by atoms with van der Waals surface area (Å²) in [4.78, 5) is 16.6. The zero-order chi connectivity index (χ0) is 16.2. The summed E-state index contributed by atoms with van der Waals surface area (Å²) in [5, 5.41) is 6.53. The number of nitrogens with zero attached hydrogens (tertiary/aromatic N) is 3. The summed E-state index contributed by atoms with van der Waals surface area (Å²) in [5.41, 5.74) is 1.86. The van der Waals surface area contributed by atoms with Crippen LogP contribution in [0.1, 0.15) is 28.9 Å². The number of rotatable bonds is 4. The fourth-order valence-electron chi connectivity index (χ4n) is 2.97. The standard InChI is InChI=1S/C17H22N4O2/c1-13(14-4-3-5-16(10-14)23-2)20-6-8-21(9-7-20)17(22)15-11-18-19-12-15/h3-5,10-13H,6-9H2,1-2H3,(H,18,19). The average Bonchev–Trinajstić information content (AvgIpc) is 3.15. The van der Waals surface area contributed by atoms with Crippen LogP contribution >= 0.6 is 0 Å². The van der Waals surface area contributed by atoms with E-state index >= 15 is 0 Å². The molecule has 6 heteroatoms. The van der Waals surface area contributed by atoms with Crippen LogP contribution in [0.2, 0.25) is 0 Å². The molecule has 3 rings (SSSR count). The molecule has 2 aromatic rings. The van der Waals surface area contributed by atoms with Gasteiger partial charge in [-0.3, -0.25) is 14.8 Å². The second kappa shape index (κ2) is 6.83. The zero-order valence-corrected chi connectivity index (χ0v) is 13.5. The lowest BCUT2D eigenvalue weighted by molar-refractivity contribution is 0.0582. The molecule has 1 fully saturated rings. The Balaban J connectivity index is 1.61. The highest BCUT2D eigenvalue weighted by atomic mass is 16.5. The van der Waals surface area contributed by atoms with Gasteiger partial charge in [0.15, 0.2) is 0 Å². The third-order valence-electron chi connectivity index (χ3n) is 4.47. The van der Waals surface area contributed by atoms with Crippen molar-refractivity contribution in [2.45, 2.75) is 13.0 Å². The largest absolute Gasteiger partial charge is 0.497 e. The van der Waals surface area contributed by atoms with Gasteiger partial charge in [0, 0.05) is 38.4 Å². The Morgan fingerprint density at radius 2 is 2.09 bits per heavy atom. The molecule has 1 saturated heterocycles. The van der Waals surface area contributed by atoms with Crippen LogP contribution in [0.3, 0.4) is 0 Å². The summed E-state index contributed by atoms with van der Waals surface area (Å²) >= 11 is 0. The quantitative estimate of drug-likeness (QED) is 0.937. The van der Waals surface area contributed by atoms with Gasteiger partial charge in [0.2, 0.25) is 0 Å². The summed E-state index contributed by atoms with van der Waals surface area (Å²) in [6.07, 6.45) is 3.22. The minimum atomic E-state index is 0.0485. The van der Waals surface area contributed by atoms with Crippen molar-refractivity contribution in [3.63, 3.8) is 0 Å². The number of methoxy groups -OCH3 is 1. The number of ether oxygens (including phenoxy) is 1. The van der Waals surface area contributed by atoms with Crippen molar-refractivity contribution in [1.82, 2.24) is 20.0 Å². The molecule has 0 saturated carbocycles. The maximum absolute atomic E-state index is 12.3. The predicted molar refractivity (Wildman–Crippen MR) is 87.5 cm³/mol. The number of hydrogen-bond donors (Lipinski definition) is 1. The number of aromatic nitrogens is 2. The van der Waals surface area contributed by atoms with E-state index in [2.05, 4.69) is 34.2 Å². The first kappa shape index (κ1) is 15.6. The molecule has 0 bridgehead atoms. The number of H-pyrrole nitrogens is 1. The highest BCUT2D eigenvalue weighted by Gasteiger charge is 2.25. The van der Waals surface area contributed by atoms with Crippen LogP contribution in [-0.4, -0.2) is 59.2 Å². The molecule has 1 aromatic heterocycles. The molecule has 1 aliphatic rings. The fourth-order valence-corrected chi connectivity index (χ4v) is 2.97. The number of carbonyl (C=O) groups is 1. The first-order valence-electron chi connectivity index (χ1n) is 7.85. The monoisotopic (exact) mass is 314 g/mol. The van der Waals surface area contributed by atoms with Gasteiger partial charge in [0.05, 0.1) is 18.9 Å². The molecule has 0 radical (unpaired) electrons. The Hall–Kier alpha value is -2.34. The second-order valence-corrected chi connectivity index (χ2v) is 5.77. The van der Waals surface area contributed by atoms with Crippen LogP contribution in [-0.2, 0) is 0 Å². The number of aromatic amines is 1. The molecule has 0 aliphatic carbocycles. The van der Waals surface area contributed by atoms with Crippen molar-refractivity contribution < 1.29 is 9.53 Å². The van der Waals surface area contributed by atoms with Crippen molar-refractivity contribution in [1.29, 1.82) is 0 Å². The number of nitrogens with one attached hydrogen (secondary N) is 1. The minimum Gasteiger partial charge on any atom is -0.497 e. The zero-order valence-electron chi connectivity index (χ0n) is 13.5. The average molecular weight is 314 g/mol. The van der Waals surface area contributed by atoms with E-state index in [0.717, 1.165) is 31.9 Å². The van der Waals surface area contributed by atoms with E-state index in [1.165, 1.54) is 5.56 Å². The molecule has 0 spiro atoms. The van der Waals surface area contributed by atoms with Gasteiger partial charge in [-0.15, -0.1) is 0 Å². The maximum Gasteiger partial charge on any atom is 0.257 e. The van der Waals surface area contributed by atoms with Crippen LogP contribution < -0.4 is 4.74 Å². The summed E-state index contributed by atoms with van der Waals surface area (Å²) in [7, 11) is 1.68. The molecule has 1 aromatic carbocycles. The van der Waals surface area contributed by atoms with Gasteiger partial charge in [-0.2, -0.15) is 5.10 Å². The molecule has 23 heavy (non-hydrogen) atoms. The summed E-state index contributed by atoms with van der Waals surface area (Å²) in [5.74, 6) is 0.926. The van der Waals surface area contributed by atoms with Gasteiger partial charge in [-0.1, -0.05) is 12.1 Å². The molecule has 1 N–H and O–H groups in total. The topological polar surface area (TPSA) is 61.5 Å². The predicted octanol–water partition coefficient (Wildman–Crippen LogP) is 1.94. The molecule has 1 atom stereocenters. The van der Waals surface area contributed by atoms with Gasteiger partial charge < -0.3 is 9.64 Å². The number of amides is 1. The van der Waals surface area contributed by atoms with Crippen molar-refractivity contribution in [3.8, 4) is 5.75 Å². The Kier molecular flexibility index (Phi) is 4.62. The lowest BCUT2D eigenvalue weighted by Gasteiger charge is -2.38. The first-order valence-corrected chi connectivity index (χ1v) is 7.85. The molecule has 1 aliphatic heterocycles. The van der Waals surface area contributed by atoms with Gasteiger partial charge >= 0.3 is 0 Å². The lowest BCUT2D eigenvalue weighted by atomic mass is 10.1. The van der Waals surface area contributed by atoms with Crippen molar-refractivity contribution >= 4 is 5.91 Å². The van der Waals surface area contributed by atoms with E-state index in [-0.39, 0.29) is 5.91 Å². The van der Waals surface area contributed by atoms with Crippen molar-refractivity contribution in [3.05, 3.63) is 47.8 Å². The Morgan fingerprint density at radius 1 is 1.30 bits per heavy atom. The molecular weight excluding hydrogens is 292 g/mol. The first-order chi connectivity index (χ1) is 11.2. The fraction of sp³-hybridized carbons (Fsp3) is 0.412. The third-order valence-corrected chi connectivity index (χ3v) is 4.47. The highest BCUT2D eigenvalue weighted by Crippen LogP contribution is 2.25. The van der Waals surface area contributed by atoms with Gasteiger partial charge in [-0.25, -0.2) is 0 Å². The highest BCUT2D eigenvalue weighted by molar-refractivity contribution is 5.93. The van der Waals surface area contributed by atoms with E-state index in [1.54, 1.807) is 19.5 Å². The van der Waals surface area contributed by atoms with E-state index < -0.39 is 0 Å². The van der Waals surface area contributed by atoms with E-state index in [0.29, 0.717) is 11.6 Å². The number of carbonyl (C=O) groups excluding carboxylic acids is 1. The molecule has 2 heterocycles. The molecule has 6 nitrogen and oxygen atoms in total. The SMILES string of the molecule is COc1cccc(C(C)N2CCN(C(=O)c3cn[nH]c3)CC2)c1. The van der Waals surface area contributed by atoms with Crippen LogP contribution in [0.4, 0.5) is 0 Å². The van der Waals surface area contributed by atoms with Crippen LogP contribution in [0.5, 0.6) is 5.75 Å². The summed E-state index contributed by atoms with van der Waals surface area (Å²) in [6, 6.07) is 8.47. The van der Waals surface area contributed by atoms with Crippen LogP contribution in [0.25, 0.3) is 0 Å². The number of piperazine rings is 1.